The third-order valence-corrected chi connectivity index (χ3v) is 7.46. The van der Waals surface area contributed by atoms with Gasteiger partial charge < -0.3 is 14.2 Å². The fraction of sp³-hybridized carbons (Fsp3) is 0.500. The zero-order chi connectivity index (χ0) is 22.8. The van der Waals surface area contributed by atoms with E-state index in [2.05, 4.69) is 54.3 Å². The molecule has 176 valence electrons. The SMILES string of the molecule is Cc1ccc(-c2cc3c(c(OC[C@@H]4CCCCO4)c2)OCCN(Cc2cn(C)nc2C)C3)s1. The summed E-state index contributed by atoms with van der Waals surface area (Å²) in [5.41, 5.74) is 4.71. The summed E-state index contributed by atoms with van der Waals surface area (Å²) in [4.78, 5) is 5.00. The standard InChI is InChI=1S/C26H33N3O3S/c1-18-7-8-25(33-18)20-12-21-15-29(16-22-14-28(3)27-19(22)2)9-11-31-26(21)24(13-20)32-17-23-6-4-5-10-30-23/h7-8,12-14,23H,4-6,9-11,15-17H2,1-3H3/t23-/m0/s1. The van der Waals surface area contributed by atoms with Crippen molar-refractivity contribution in [1.82, 2.24) is 14.7 Å². The van der Waals surface area contributed by atoms with Crippen LogP contribution in [0.4, 0.5) is 0 Å². The molecule has 1 saturated heterocycles. The number of rotatable bonds is 6. The highest BCUT2D eigenvalue weighted by Gasteiger charge is 2.23. The van der Waals surface area contributed by atoms with Crippen molar-refractivity contribution in [2.24, 2.45) is 7.05 Å². The van der Waals surface area contributed by atoms with Gasteiger partial charge in [-0.05, 0) is 62.9 Å². The molecule has 2 aromatic heterocycles. The highest BCUT2D eigenvalue weighted by Crippen LogP contribution is 2.40. The molecule has 0 spiro atoms. The predicted octanol–water partition coefficient (Wildman–Crippen LogP) is 5.11. The summed E-state index contributed by atoms with van der Waals surface area (Å²) in [6.07, 6.45) is 5.70. The third kappa shape index (κ3) is 5.26. The Morgan fingerprint density at radius 3 is 2.82 bits per heavy atom. The minimum absolute atomic E-state index is 0.165. The number of hydrogen-bond acceptors (Lipinski definition) is 6. The van der Waals surface area contributed by atoms with Crippen molar-refractivity contribution in [3.63, 3.8) is 0 Å². The lowest BCUT2D eigenvalue weighted by Gasteiger charge is -2.24. The van der Waals surface area contributed by atoms with Crippen LogP contribution in [-0.4, -0.2) is 47.1 Å². The van der Waals surface area contributed by atoms with Crippen molar-refractivity contribution in [3.8, 4) is 21.9 Å². The number of fused-ring (bicyclic) bond motifs is 1. The van der Waals surface area contributed by atoms with Gasteiger partial charge in [-0.3, -0.25) is 9.58 Å². The van der Waals surface area contributed by atoms with E-state index in [1.165, 1.54) is 32.9 Å². The van der Waals surface area contributed by atoms with E-state index < -0.39 is 0 Å². The van der Waals surface area contributed by atoms with Gasteiger partial charge in [0.2, 0.25) is 0 Å². The van der Waals surface area contributed by atoms with E-state index in [-0.39, 0.29) is 6.10 Å². The molecule has 4 heterocycles. The van der Waals surface area contributed by atoms with Crippen molar-refractivity contribution < 1.29 is 14.2 Å². The molecule has 0 bridgehead atoms. The van der Waals surface area contributed by atoms with Crippen molar-refractivity contribution in [2.75, 3.05) is 26.4 Å². The van der Waals surface area contributed by atoms with Crippen LogP contribution in [-0.2, 0) is 24.9 Å². The molecule has 0 radical (unpaired) electrons. The van der Waals surface area contributed by atoms with Gasteiger partial charge in [-0.15, -0.1) is 11.3 Å². The molecule has 0 aliphatic carbocycles. The molecule has 6 nitrogen and oxygen atoms in total. The molecule has 2 aliphatic rings. The normalized spacial score (nSPS) is 19.1. The summed E-state index contributed by atoms with van der Waals surface area (Å²) >= 11 is 1.81. The molecule has 0 saturated carbocycles. The smallest absolute Gasteiger partial charge is 0.165 e. The van der Waals surface area contributed by atoms with Crippen molar-refractivity contribution >= 4 is 11.3 Å². The Kier molecular flexibility index (Phi) is 6.71. The molecule has 0 unspecified atom stereocenters. The van der Waals surface area contributed by atoms with Crippen LogP contribution in [0.3, 0.4) is 0 Å². The number of benzene rings is 1. The van der Waals surface area contributed by atoms with Crippen LogP contribution in [0, 0.1) is 13.8 Å². The number of aryl methyl sites for hydroxylation is 3. The van der Waals surface area contributed by atoms with E-state index in [0.29, 0.717) is 13.2 Å². The van der Waals surface area contributed by atoms with Crippen LogP contribution in [0.25, 0.3) is 10.4 Å². The lowest BCUT2D eigenvalue weighted by Crippen LogP contribution is -2.26. The molecule has 3 aromatic rings. The van der Waals surface area contributed by atoms with E-state index in [0.717, 1.165) is 56.3 Å². The minimum atomic E-state index is 0.165. The van der Waals surface area contributed by atoms with Gasteiger partial charge in [0.1, 0.15) is 13.2 Å². The van der Waals surface area contributed by atoms with E-state index in [1.807, 2.05) is 23.1 Å². The van der Waals surface area contributed by atoms with Gasteiger partial charge in [0.25, 0.3) is 0 Å². The predicted molar refractivity (Wildman–Crippen MR) is 131 cm³/mol. The first kappa shape index (κ1) is 22.4. The summed E-state index contributed by atoms with van der Waals surface area (Å²) < 4.78 is 20.5. The molecular formula is C26H33N3O3S. The molecule has 33 heavy (non-hydrogen) atoms. The summed E-state index contributed by atoms with van der Waals surface area (Å²) in [6.45, 7) is 8.81. The highest BCUT2D eigenvalue weighted by atomic mass is 32.1. The van der Waals surface area contributed by atoms with Gasteiger partial charge in [-0.1, -0.05) is 0 Å². The summed E-state index contributed by atoms with van der Waals surface area (Å²) in [5.74, 6) is 1.72. The van der Waals surface area contributed by atoms with Crippen LogP contribution < -0.4 is 9.47 Å². The van der Waals surface area contributed by atoms with Crippen molar-refractivity contribution in [1.29, 1.82) is 0 Å². The van der Waals surface area contributed by atoms with E-state index >= 15 is 0 Å². The fourth-order valence-electron chi connectivity index (χ4n) is 4.68. The van der Waals surface area contributed by atoms with Crippen LogP contribution in [0.1, 0.15) is 41.0 Å². The number of nitrogens with zero attached hydrogens (tertiary/aromatic N) is 3. The Morgan fingerprint density at radius 2 is 2.09 bits per heavy atom. The second-order valence-corrected chi connectivity index (χ2v) is 10.4. The zero-order valence-corrected chi connectivity index (χ0v) is 20.6. The molecule has 1 fully saturated rings. The first-order valence-corrected chi connectivity index (χ1v) is 12.7. The molecule has 0 amide bonds. The molecule has 1 aromatic carbocycles. The maximum atomic E-state index is 6.37. The van der Waals surface area contributed by atoms with Gasteiger partial charge in [0, 0.05) is 60.4 Å². The molecular weight excluding hydrogens is 434 g/mol. The van der Waals surface area contributed by atoms with E-state index in [9.17, 15) is 0 Å². The first-order chi connectivity index (χ1) is 16.0. The first-order valence-electron chi connectivity index (χ1n) is 11.9. The van der Waals surface area contributed by atoms with Gasteiger partial charge in [0.15, 0.2) is 11.5 Å². The second-order valence-electron chi connectivity index (χ2n) is 9.15. The van der Waals surface area contributed by atoms with E-state index in [1.54, 1.807) is 0 Å². The van der Waals surface area contributed by atoms with Gasteiger partial charge in [-0.25, -0.2) is 0 Å². The molecule has 7 heteroatoms. The lowest BCUT2D eigenvalue weighted by atomic mass is 10.1. The van der Waals surface area contributed by atoms with Crippen molar-refractivity contribution in [2.45, 2.75) is 52.3 Å². The van der Waals surface area contributed by atoms with Gasteiger partial charge in [0.05, 0.1) is 11.8 Å². The second kappa shape index (κ2) is 9.87. The van der Waals surface area contributed by atoms with Crippen LogP contribution >= 0.6 is 11.3 Å². The Bertz CT molecular complexity index is 1100. The summed E-state index contributed by atoms with van der Waals surface area (Å²) in [6, 6.07) is 8.80. The van der Waals surface area contributed by atoms with Crippen LogP contribution in [0.5, 0.6) is 11.5 Å². The Labute approximate surface area is 200 Å². The molecule has 1 atom stereocenters. The quantitative estimate of drug-likeness (QED) is 0.504. The number of thiophene rings is 1. The number of aromatic nitrogens is 2. The van der Waals surface area contributed by atoms with Crippen LogP contribution in [0.2, 0.25) is 0 Å². The number of hydrogen-bond donors (Lipinski definition) is 0. The molecule has 2 aliphatic heterocycles. The summed E-state index contributed by atoms with van der Waals surface area (Å²) in [5, 5.41) is 4.51. The highest BCUT2D eigenvalue weighted by molar-refractivity contribution is 7.15. The largest absolute Gasteiger partial charge is 0.488 e. The Hall–Kier alpha value is -2.35. The van der Waals surface area contributed by atoms with Gasteiger partial charge >= 0.3 is 0 Å². The maximum absolute atomic E-state index is 6.37. The van der Waals surface area contributed by atoms with Crippen molar-refractivity contribution in [3.05, 3.63) is 52.2 Å². The third-order valence-electron chi connectivity index (χ3n) is 6.41. The Balaban J connectivity index is 1.43. The summed E-state index contributed by atoms with van der Waals surface area (Å²) in [7, 11) is 1.98. The van der Waals surface area contributed by atoms with E-state index in [4.69, 9.17) is 14.2 Å². The molecule has 0 N–H and O–H groups in total. The van der Waals surface area contributed by atoms with Crippen LogP contribution in [0.15, 0.2) is 30.5 Å². The zero-order valence-electron chi connectivity index (χ0n) is 19.8. The Morgan fingerprint density at radius 1 is 1.18 bits per heavy atom. The van der Waals surface area contributed by atoms with Gasteiger partial charge in [-0.2, -0.15) is 5.10 Å². The fourth-order valence-corrected chi connectivity index (χ4v) is 5.53. The minimum Gasteiger partial charge on any atom is -0.488 e. The lowest BCUT2D eigenvalue weighted by molar-refractivity contribution is -0.0115. The number of ether oxygens (including phenoxy) is 3. The average Bonchev–Trinajstić information content (AvgIpc) is 3.30. The topological polar surface area (TPSA) is 48.8 Å². The maximum Gasteiger partial charge on any atom is 0.165 e. The average molecular weight is 468 g/mol. The monoisotopic (exact) mass is 467 g/mol. The molecule has 5 rings (SSSR count).